The van der Waals surface area contributed by atoms with Gasteiger partial charge in [-0.05, 0) is 80.1 Å². The summed E-state index contributed by atoms with van der Waals surface area (Å²) in [6.07, 6.45) is 25.0. The predicted octanol–water partition coefficient (Wildman–Crippen LogP) is 12.5. The molecule has 0 aromatic heterocycles. The summed E-state index contributed by atoms with van der Waals surface area (Å²) in [5, 5.41) is 1.60. The third-order valence-electron chi connectivity index (χ3n) is 8.44. The second-order valence-corrected chi connectivity index (χ2v) is 15.1. The highest BCUT2D eigenvalue weighted by atomic mass is 33.1. The molecule has 2 atom stereocenters. The fourth-order valence-electron chi connectivity index (χ4n) is 5.99. The molecule has 46 heavy (non-hydrogen) atoms. The Morgan fingerprint density at radius 1 is 0.348 bits per heavy atom. The summed E-state index contributed by atoms with van der Waals surface area (Å²) in [6.45, 7) is 20.4. The molecule has 2 unspecified atom stereocenters. The second kappa shape index (κ2) is 32.7. The van der Waals surface area contributed by atoms with E-state index in [0.29, 0.717) is 39.6 Å². The van der Waals surface area contributed by atoms with Gasteiger partial charge in [-0.2, -0.15) is 0 Å². The van der Waals surface area contributed by atoms with E-state index in [9.17, 15) is 0 Å². The predicted molar refractivity (Wildman–Crippen MR) is 202 cm³/mol. The van der Waals surface area contributed by atoms with E-state index in [2.05, 4.69) is 35.4 Å². The van der Waals surface area contributed by atoms with Crippen LogP contribution in [0.2, 0.25) is 0 Å². The maximum atomic E-state index is 5.86. The summed E-state index contributed by atoms with van der Waals surface area (Å²) >= 11 is 0. The summed E-state index contributed by atoms with van der Waals surface area (Å²) in [4.78, 5) is 0. The SMILES string of the molecule is CCOC(CCCCCCCCCC(CC)SSC(CC)CCCCCCCCCC(OCC)(OCC)OCC)(OCC)OCC. The van der Waals surface area contributed by atoms with E-state index in [-0.39, 0.29) is 0 Å². The highest BCUT2D eigenvalue weighted by molar-refractivity contribution is 8.77. The Hall–Kier alpha value is 0.460. The maximum Gasteiger partial charge on any atom is 0.282 e. The van der Waals surface area contributed by atoms with Gasteiger partial charge in [0.25, 0.3) is 11.9 Å². The highest BCUT2D eigenvalue weighted by Crippen LogP contribution is 2.38. The Bertz CT molecular complexity index is 540. The summed E-state index contributed by atoms with van der Waals surface area (Å²) in [5.41, 5.74) is 0. The van der Waals surface area contributed by atoms with Gasteiger partial charge < -0.3 is 28.4 Å². The van der Waals surface area contributed by atoms with Crippen LogP contribution in [0.25, 0.3) is 0 Å². The van der Waals surface area contributed by atoms with E-state index in [1.165, 1.54) is 103 Å². The third kappa shape index (κ3) is 23.8. The molecule has 0 fully saturated rings. The Labute approximate surface area is 295 Å². The molecule has 0 aromatic rings. The van der Waals surface area contributed by atoms with Crippen molar-refractivity contribution in [2.24, 2.45) is 0 Å². The monoisotopic (exact) mass is 695 g/mol. The van der Waals surface area contributed by atoms with Gasteiger partial charge in [0.2, 0.25) is 0 Å². The van der Waals surface area contributed by atoms with Crippen LogP contribution in [0.1, 0.15) is 184 Å². The van der Waals surface area contributed by atoms with Gasteiger partial charge in [-0.3, -0.25) is 0 Å². The minimum absolute atomic E-state index is 0.610. The molecule has 0 radical (unpaired) electrons. The van der Waals surface area contributed by atoms with Gasteiger partial charge in [-0.1, -0.05) is 112 Å². The zero-order valence-electron chi connectivity index (χ0n) is 31.8. The smallest absolute Gasteiger partial charge is 0.282 e. The average Bonchev–Trinajstić information content (AvgIpc) is 3.04. The van der Waals surface area contributed by atoms with Crippen molar-refractivity contribution in [2.75, 3.05) is 39.6 Å². The molecule has 0 saturated heterocycles. The summed E-state index contributed by atoms with van der Waals surface area (Å²) in [5.74, 6) is -1.68. The van der Waals surface area contributed by atoms with E-state index in [1.54, 1.807) is 0 Å². The largest absolute Gasteiger partial charge is 0.328 e. The van der Waals surface area contributed by atoms with Crippen molar-refractivity contribution < 1.29 is 28.4 Å². The lowest BCUT2D eigenvalue weighted by atomic mass is 10.1. The van der Waals surface area contributed by atoms with E-state index < -0.39 is 11.9 Å². The number of ether oxygens (including phenoxy) is 6. The number of hydrogen-bond acceptors (Lipinski definition) is 8. The van der Waals surface area contributed by atoms with Crippen LogP contribution in [0.4, 0.5) is 0 Å². The van der Waals surface area contributed by atoms with E-state index in [0.717, 1.165) is 36.2 Å². The van der Waals surface area contributed by atoms with Gasteiger partial charge in [-0.15, -0.1) is 0 Å². The zero-order chi connectivity index (χ0) is 34.2. The minimum atomic E-state index is -0.839. The summed E-state index contributed by atoms with van der Waals surface area (Å²) in [6, 6.07) is 0. The summed E-state index contributed by atoms with van der Waals surface area (Å²) in [7, 11) is 4.37. The molecule has 0 bridgehead atoms. The first-order chi connectivity index (χ1) is 22.4. The van der Waals surface area contributed by atoms with Crippen molar-refractivity contribution in [3.63, 3.8) is 0 Å². The standard InChI is InChI=1S/C38H78O6S2/c1-9-35(31-27-23-19-17-21-25-29-33-37(39-11-3,40-12-4)41-13-5)45-46-36(10-2)32-28-24-20-18-22-26-30-34-38(42-14-6,43-15-7)44-16-8/h35-36H,9-34H2,1-8H3. The van der Waals surface area contributed by atoms with E-state index >= 15 is 0 Å². The molecular weight excluding hydrogens is 617 g/mol. The third-order valence-corrected chi connectivity index (χ3v) is 12.2. The van der Waals surface area contributed by atoms with E-state index in [1.807, 2.05) is 41.5 Å². The van der Waals surface area contributed by atoms with Crippen LogP contribution in [0.5, 0.6) is 0 Å². The molecule has 0 aliphatic rings. The van der Waals surface area contributed by atoms with Crippen LogP contribution in [0.15, 0.2) is 0 Å². The van der Waals surface area contributed by atoms with E-state index in [4.69, 9.17) is 28.4 Å². The normalized spacial score (nSPS) is 13.8. The molecule has 6 nitrogen and oxygen atoms in total. The fourth-order valence-corrected chi connectivity index (χ4v) is 9.44. The van der Waals surface area contributed by atoms with Crippen LogP contribution in [0.3, 0.4) is 0 Å². The molecule has 0 heterocycles. The number of rotatable bonds is 37. The molecule has 0 spiro atoms. The maximum absolute atomic E-state index is 5.86. The first-order valence-corrected chi connectivity index (χ1v) is 21.9. The van der Waals surface area contributed by atoms with Crippen LogP contribution in [0, 0.1) is 0 Å². The molecule has 0 N–H and O–H groups in total. The topological polar surface area (TPSA) is 55.4 Å². The summed E-state index contributed by atoms with van der Waals surface area (Å²) < 4.78 is 35.1. The molecule has 278 valence electrons. The fraction of sp³-hybridized carbons (Fsp3) is 1.00. The molecule has 0 aliphatic carbocycles. The Morgan fingerprint density at radius 3 is 0.826 bits per heavy atom. The van der Waals surface area contributed by atoms with Crippen molar-refractivity contribution >= 4 is 21.6 Å². The van der Waals surface area contributed by atoms with Crippen molar-refractivity contribution in [1.29, 1.82) is 0 Å². The first kappa shape index (κ1) is 46.5. The lowest BCUT2D eigenvalue weighted by Gasteiger charge is -2.32. The minimum Gasteiger partial charge on any atom is -0.328 e. The molecule has 0 aromatic carbocycles. The van der Waals surface area contributed by atoms with Crippen LogP contribution in [-0.4, -0.2) is 62.1 Å². The van der Waals surface area contributed by atoms with Crippen molar-refractivity contribution in [3.05, 3.63) is 0 Å². The van der Waals surface area contributed by atoms with Gasteiger partial charge >= 0.3 is 0 Å². The first-order valence-electron chi connectivity index (χ1n) is 19.6. The molecule has 8 heteroatoms. The molecule has 0 saturated carbocycles. The van der Waals surface area contributed by atoms with Gasteiger partial charge in [0, 0.05) is 63.0 Å². The lowest BCUT2D eigenvalue weighted by Crippen LogP contribution is -2.39. The van der Waals surface area contributed by atoms with Crippen molar-refractivity contribution in [1.82, 2.24) is 0 Å². The van der Waals surface area contributed by atoms with Crippen LogP contribution in [-0.2, 0) is 28.4 Å². The van der Waals surface area contributed by atoms with Gasteiger partial charge in [-0.25, -0.2) is 0 Å². The van der Waals surface area contributed by atoms with Gasteiger partial charge in [0.15, 0.2) is 0 Å². The quantitative estimate of drug-likeness (QED) is 0.0362. The van der Waals surface area contributed by atoms with Crippen molar-refractivity contribution in [2.45, 2.75) is 206 Å². The molecule has 0 amide bonds. The second-order valence-electron chi connectivity index (χ2n) is 12.2. The zero-order valence-corrected chi connectivity index (χ0v) is 33.4. The lowest BCUT2D eigenvalue weighted by molar-refractivity contribution is -0.380. The van der Waals surface area contributed by atoms with Gasteiger partial charge in [0.05, 0.1) is 0 Å². The van der Waals surface area contributed by atoms with Crippen molar-refractivity contribution in [3.8, 4) is 0 Å². The van der Waals surface area contributed by atoms with Crippen LogP contribution >= 0.6 is 21.6 Å². The number of unbranched alkanes of at least 4 members (excludes halogenated alkanes) is 12. The Balaban J connectivity index is 3.97. The average molecular weight is 695 g/mol. The van der Waals surface area contributed by atoms with Crippen LogP contribution < -0.4 is 0 Å². The number of hydrogen-bond donors (Lipinski definition) is 0. The Morgan fingerprint density at radius 2 is 0.587 bits per heavy atom. The molecule has 0 rings (SSSR count). The van der Waals surface area contributed by atoms with Gasteiger partial charge in [0.1, 0.15) is 0 Å². The molecule has 0 aliphatic heterocycles. The highest BCUT2D eigenvalue weighted by Gasteiger charge is 2.32. The Kier molecular flexibility index (Phi) is 33.0. The molecular formula is C38H78O6S2.